The lowest BCUT2D eigenvalue weighted by Gasteiger charge is -2.40. The Hall–Kier alpha value is -2.03. The van der Waals surface area contributed by atoms with Crippen molar-refractivity contribution < 1.29 is 9.84 Å². The van der Waals surface area contributed by atoms with Gasteiger partial charge >= 0.3 is 0 Å². The molecule has 1 saturated heterocycles. The maximum absolute atomic E-state index is 9.84. The molecule has 3 heterocycles. The third-order valence-corrected chi connectivity index (χ3v) is 4.15. The fourth-order valence-electron chi connectivity index (χ4n) is 2.94. The van der Waals surface area contributed by atoms with E-state index in [0.29, 0.717) is 25.6 Å². The van der Waals surface area contributed by atoms with E-state index < -0.39 is 5.54 Å². The van der Waals surface area contributed by atoms with Gasteiger partial charge in [-0.1, -0.05) is 0 Å². The van der Waals surface area contributed by atoms with Gasteiger partial charge in [-0.05, 0) is 26.8 Å². The van der Waals surface area contributed by atoms with Gasteiger partial charge in [0.15, 0.2) is 5.82 Å². The highest BCUT2D eigenvalue weighted by atomic mass is 16.5. The van der Waals surface area contributed by atoms with Crippen molar-refractivity contribution in [2.75, 3.05) is 31.7 Å². The molecule has 8 nitrogen and oxygen atoms in total. The van der Waals surface area contributed by atoms with E-state index in [1.807, 2.05) is 33.0 Å². The van der Waals surface area contributed by atoms with Crippen molar-refractivity contribution in [3.05, 3.63) is 29.8 Å². The summed E-state index contributed by atoms with van der Waals surface area (Å²) in [5.74, 6) is 2.14. The molecule has 1 aliphatic heterocycles. The lowest BCUT2D eigenvalue weighted by atomic mass is 9.98. The van der Waals surface area contributed by atoms with Crippen LogP contribution in [0.1, 0.15) is 18.3 Å². The van der Waals surface area contributed by atoms with Gasteiger partial charge in [-0.3, -0.25) is 0 Å². The molecule has 3 rings (SSSR count). The smallest absolute Gasteiger partial charge is 0.162 e. The maximum Gasteiger partial charge on any atom is 0.162 e. The third kappa shape index (κ3) is 3.40. The summed E-state index contributed by atoms with van der Waals surface area (Å²) >= 11 is 0. The summed E-state index contributed by atoms with van der Waals surface area (Å²) < 4.78 is 7.33. The number of aliphatic hydroxyl groups excluding tert-OH is 1. The second kappa shape index (κ2) is 6.84. The van der Waals surface area contributed by atoms with Crippen LogP contribution in [0.4, 0.5) is 5.82 Å². The van der Waals surface area contributed by atoms with Gasteiger partial charge < -0.3 is 20.5 Å². The largest absolute Gasteiger partial charge is 0.394 e. The third-order valence-electron chi connectivity index (χ3n) is 4.15. The first-order valence-corrected chi connectivity index (χ1v) is 8.08. The molecule has 130 valence electrons. The SMILES string of the molecule is Cc1nc(NC[C@]2(CO)COC[C@@H](C)N2)c(C)c(-n2cccn2)n1. The number of nitrogens with zero attached hydrogens (tertiary/aromatic N) is 4. The Labute approximate surface area is 141 Å². The minimum Gasteiger partial charge on any atom is -0.394 e. The summed E-state index contributed by atoms with van der Waals surface area (Å²) in [5, 5.41) is 20.9. The van der Waals surface area contributed by atoms with E-state index in [9.17, 15) is 5.11 Å². The zero-order chi connectivity index (χ0) is 17.2. The molecule has 0 aliphatic carbocycles. The van der Waals surface area contributed by atoms with Crippen molar-refractivity contribution in [2.45, 2.75) is 32.4 Å². The van der Waals surface area contributed by atoms with Crippen LogP contribution in [0.15, 0.2) is 18.5 Å². The Morgan fingerprint density at radius 1 is 1.46 bits per heavy atom. The summed E-state index contributed by atoms with van der Waals surface area (Å²) in [6.07, 6.45) is 3.57. The number of hydrogen-bond acceptors (Lipinski definition) is 7. The molecule has 8 heteroatoms. The average molecular weight is 332 g/mol. The zero-order valence-electron chi connectivity index (χ0n) is 14.3. The quantitative estimate of drug-likeness (QED) is 0.730. The highest BCUT2D eigenvalue weighted by molar-refractivity contribution is 5.51. The number of aliphatic hydroxyl groups is 1. The highest BCUT2D eigenvalue weighted by Gasteiger charge is 2.35. The zero-order valence-corrected chi connectivity index (χ0v) is 14.3. The average Bonchev–Trinajstić information content (AvgIpc) is 3.09. The number of ether oxygens (including phenoxy) is 1. The minimum atomic E-state index is -0.519. The molecule has 24 heavy (non-hydrogen) atoms. The van der Waals surface area contributed by atoms with Crippen molar-refractivity contribution in [1.82, 2.24) is 25.1 Å². The lowest BCUT2D eigenvalue weighted by molar-refractivity contribution is -0.0158. The van der Waals surface area contributed by atoms with Crippen molar-refractivity contribution in [3.63, 3.8) is 0 Å². The number of rotatable bonds is 5. The van der Waals surface area contributed by atoms with E-state index in [-0.39, 0.29) is 12.6 Å². The van der Waals surface area contributed by atoms with Crippen LogP contribution in [0.5, 0.6) is 0 Å². The predicted molar refractivity (Wildman–Crippen MR) is 90.4 cm³/mol. The van der Waals surface area contributed by atoms with E-state index in [1.165, 1.54) is 0 Å². The van der Waals surface area contributed by atoms with E-state index >= 15 is 0 Å². The van der Waals surface area contributed by atoms with Crippen LogP contribution in [0.2, 0.25) is 0 Å². The monoisotopic (exact) mass is 332 g/mol. The summed E-state index contributed by atoms with van der Waals surface area (Å²) in [7, 11) is 0. The van der Waals surface area contributed by atoms with Crippen molar-refractivity contribution >= 4 is 5.82 Å². The molecular formula is C16H24N6O2. The molecule has 0 aromatic carbocycles. The lowest BCUT2D eigenvalue weighted by Crippen LogP contribution is -2.63. The fraction of sp³-hybridized carbons (Fsp3) is 0.562. The second-order valence-electron chi connectivity index (χ2n) is 6.37. The Morgan fingerprint density at radius 3 is 2.96 bits per heavy atom. The Kier molecular flexibility index (Phi) is 4.79. The Morgan fingerprint density at radius 2 is 2.29 bits per heavy atom. The first-order valence-electron chi connectivity index (χ1n) is 8.08. The van der Waals surface area contributed by atoms with Crippen LogP contribution in [-0.4, -0.2) is 62.8 Å². The maximum atomic E-state index is 9.84. The number of morpholine rings is 1. The summed E-state index contributed by atoms with van der Waals surface area (Å²) in [6, 6.07) is 2.05. The molecule has 0 amide bonds. The van der Waals surface area contributed by atoms with Gasteiger partial charge in [0.1, 0.15) is 11.6 Å². The van der Waals surface area contributed by atoms with Crippen LogP contribution >= 0.6 is 0 Å². The second-order valence-corrected chi connectivity index (χ2v) is 6.37. The molecule has 0 unspecified atom stereocenters. The predicted octanol–water partition coefficient (Wildman–Crippen LogP) is 0.430. The molecular weight excluding hydrogens is 308 g/mol. The van der Waals surface area contributed by atoms with E-state index in [1.54, 1.807) is 10.9 Å². The van der Waals surface area contributed by atoms with Gasteiger partial charge in [-0.15, -0.1) is 0 Å². The Balaban J connectivity index is 1.82. The van der Waals surface area contributed by atoms with E-state index in [2.05, 4.69) is 25.7 Å². The first-order chi connectivity index (χ1) is 11.5. The Bertz CT molecular complexity index is 690. The normalized spacial score (nSPS) is 24.1. The molecule has 1 fully saturated rings. The van der Waals surface area contributed by atoms with Gasteiger partial charge in [0.05, 0.1) is 25.4 Å². The van der Waals surface area contributed by atoms with E-state index in [0.717, 1.165) is 17.2 Å². The molecule has 3 N–H and O–H groups in total. The molecule has 0 spiro atoms. The number of nitrogens with one attached hydrogen (secondary N) is 2. The van der Waals surface area contributed by atoms with Crippen LogP contribution in [-0.2, 0) is 4.74 Å². The fourth-order valence-corrected chi connectivity index (χ4v) is 2.94. The molecule has 2 atom stereocenters. The van der Waals surface area contributed by atoms with Crippen LogP contribution < -0.4 is 10.6 Å². The molecule has 0 bridgehead atoms. The van der Waals surface area contributed by atoms with Gasteiger partial charge in [0.2, 0.25) is 0 Å². The van der Waals surface area contributed by atoms with Crippen LogP contribution in [0, 0.1) is 13.8 Å². The van der Waals surface area contributed by atoms with Crippen LogP contribution in [0.25, 0.3) is 5.82 Å². The van der Waals surface area contributed by atoms with Gasteiger partial charge in [-0.25, -0.2) is 14.6 Å². The van der Waals surface area contributed by atoms with Crippen molar-refractivity contribution in [2.24, 2.45) is 0 Å². The van der Waals surface area contributed by atoms with Crippen LogP contribution in [0.3, 0.4) is 0 Å². The molecule has 2 aromatic heterocycles. The molecule has 2 aromatic rings. The highest BCUT2D eigenvalue weighted by Crippen LogP contribution is 2.20. The summed E-state index contributed by atoms with van der Waals surface area (Å²) in [6.45, 7) is 7.44. The summed E-state index contributed by atoms with van der Waals surface area (Å²) in [5.41, 5.74) is 0.386. The number of hydrogen-bond donors (Lipinski definition) is 3. The van der Waals surface area contributed by atoms with Crippen molar-refractivity contribution in [1.29, 1.82) is 0 Å². The topological polar surface area (TPSA) is 97.1 Å². The number of aromatic nitrogens is 4. The summed E-state index contributed by atoms with van der Waals surface area (Å²) in [4.78, 5) is 8.98. The number of anilines is 1. The van der Waals surface area contributed by atoms with Crippen molar-refractivity contribution in [3.8, 4) is 5.82 Å². The van der Waals surface area contributed by atoms with Gasteiger partial charge in [-0.2, -0.15) is 5.10 Å². The van der Waals surface area contributed by atoms with Gasteiger partial charge in [0, 0.05) is 30.5 Å². The minimum absolute atomic E-state index is 0.0144. The molecule has 0 saturated carbocycles. The molecule has 0 radical (unpaired) electrons. The first kappa shape index (κ1) is 16.8. The standard InChI is InChI=1S/C16H24N6O2/c1-11-7-24-10-16(9-23,21-11)8-17-14-12(2)15(20-13(3)19-14)22-6-4-5-18-22/h4-6,11,21,23H,7-10H2,1-3H3,(H,17,19,20)/t11-,16+/m1/s1. The molecule has 1 aliphatic rings. The number of aryl methyl sites for hydroxylation is 1. The van der Waals surface area contributed by atoms with Gasteiger partial charge in [0.25, 0.3) is 0 Å². The van der Waals surface area contributed by atoms with E-state index in [4.69, 9.17) is 4.74 Å².